The molecule has 176 valence electrons. The zero-order valence-electron chi connectivity index (χ0n) is 17.5. The van der Waals surface area contributed by atoms with Gasteiger partial charge in [-0.3, -0.25) is 9.11 Å². The van der Waals surface area contributed by atoms with Gasteiger partial charge < -0.3 is 9.47 Å². The van der Waals surface area contributed by atoms with Crippen molar-refractivity contribution in [2.75, 3.05) is 24.7 Å². The fourth-order valence-electron chi connectivity index (χ4n) is 3.27. The van der Waals surface area contributed by atoms with Crippen molar-refractivity contribution in [2.24, 2.45) is 0 Å². The first-order valence-electron chi connectivity index (χ1n) is 9.99. The van der Waals surface area contributed by atoms with Crippen molar-refractivity contribution in [3.63, 3.8) is 0 Å². The van der Waals surface area contributed by atoms with Gasteiger partial charge in [-0.2, -0.15) is 16.8 Å². The predicted molar refractivity (Wildman–Crippen MR) is 125 cm³/mol. The van der Waals surface area contributed by atoms with Crippen LogP contribution < -0.4 is 9.47 Å². The van der Waals surface area contributed by atoms with Crippen molar-refractivity contribution in [2.45, 2.75) is 25.7 Å². The smallest absolute Gasteiger partial charge is 0.264 e. The summed E-state index contributed by atoms with van der Waals surface area (Å²) in [5.41, 5.74) is 2.24. The van der Waals surface area contributed by atoms with Crippen molar-refractivity contribution in [1.82, 2.24) is 0 Å². The number of rotatable bonds is 8. The van der Waals surface area contributed by atoms with E-state index in [1.165, 1.54) is 11.3 Å². The highest BCUT2D eigenvalue weighted by atomic mass is 32.2. The summed E-state index contributed by atoms with van der Waals surface area (Å²) in [5.74, 6) is 9.01. The Balaban J connectivity index is 1.90. The lowest BCUT2D eigenvalue weighted by molar-refractivity contribution is 0.172. The van der Waals surface area contributed by atoms with Gasteiger partial charge in [0.1, 0.15) is 23.0 Å². The van der Waals surface area contributed by atoms with E-state index in [1.807, 2.05) is 0 Å². The first kappa shape index (κ1) is 25.1. The van der Waals surface area contributed by atoms with Crippen LogP contribution in [-0.4, -0.2) is 50.7 Å². The van der Waals surface area contributed by atoms with Crippen LogP contribution in [-0.2, 0) is 33.1 Å². The molecule has 2 N–H and O–H groups in total. The summed E-state index contributed by atoms with van der Waals surface area (Å²) < 4.78 is 73.3. The number of hydrogen-bond donors (Lipinski definition) is 2. The normalized spacial score (nSPS) is 13.1. The van der Waals surface area contributed by atoms with E-state index in [9.17, 15) is 16.8 Å². The molecule has 2 heterocycles. The number of thiophene rings is 1. The number of aryl methyl sites for hydroxylation is 2. The van der Waals surface area contributed by atoms with Gasteiger partial charge in [0.15, 0.2) is 11.5 Å². The number of terminal acetylenes is 1. The van der Waals surface area contributed by atoms with Crippen LogP contribution in [0.3, 0.4) is 0 Å². The summed E-state index contributed by atoms with van der Waals surface area (Å²) >= 11 is 1.28. The quantitative estimate of drug-likeness (QED) is 0.410. The summed E-state index contributed by atoms with van der Waals surface area (Å²) in [6.07, 6.45) is 6.78. The van der Waals surface area contributed by atoms with Crippen LogP contribution in [0.2, 0.25) is 0 Å². The number of ether oxygens (including phenoxy) is 2. The Hall–Kier alpha value is -2.54. The van der Waals surface area contributed by atoms with E-state index in [-0.39, 0.29) is 24.3 Å². The molecule has 0 spiro atoms. The van der Waals surface area contributed by atoms with E-state index < -0.39 is 20.2 Å². The van der Waals surface area contributed by atoms with Crippen molar-refractivity contribution < 1.29 is 35.4 Å². The molecule has 3 rings (SSSR count). The molecule has 0 saturated carbocycles. The first-order chi connectivity index (χ1) is 15.6. The van der Waals surface area contributed by atoms with Gasteiger partial charge in [0, 0.05) is 5.56 Å². The van der Waals surface area contributed by atoms with Crippen molar-refractivity contribution in [3.8, 4) is 35.7 Å². The van der Waals surface area contributed by atoms with E-state index in [0.717, 1.165) is 11.1 Å². The summed E-state index contributed by atoms with van der Waals surface area (Å²) in [6, 6.07) is 5.41. The van der Waals surface area contributed by atoms with Crippen LogP contribution in [0.25, 0.3) is 0 Å². The minimum absolute atomic E-state index is 0.211. The second kappa shape index (κ2) is 10.6. The van der Waals surface area contributed by atoms with Gasteiger partial charge in [0.2, 0.25) is 0 Å². The molecule has 0 unspecified atom stereocenters. The SMILES string of the molecule is C#Cc1sc(C#Cc2cc(CCCS(=O)(=O)O)ccc2CCCS(=O)(=O)O)c2c1OCCO2. The zero-order chi connectivity index (χ0) is 24.1. The maximum Gasteiger partial charge on any atom is 0.264 e. The molecule has 0 atom stereocenters. The van der Waals surface area contributed by atoms with Gasteiger partial charge in [-0.1, -0.05) is 24.0 Å². The minimum Gasteiger partial charge on any atom is -0.484 e. The maximum absolute atomic E-state index is 11.1. The Morgan fingerprint density at radius 3 is 2.12 bits per heavy atom. The van der Waals surface area contributed by atoms with E-state index in [2.05, 4.69) is 17.8 Å². The van der Waals surface area contributed by atoms with Crippen molar-refractivity contribution in [3.05, 3.63) is 44.6 Å². The fraction of sp³-hybridized carbons (Fsp3) is 0.364. The predicted octanol–water partition coefficient (Wildman–Crippen LogP) is 2.54. The molecule has 0 amide bonds. The van der Waals surface area contributed by atoms with Gasteiger partial charge in [0.05, 0.1) is 11.5 Å². The highest BCUT2D eigenvalue weighted by molar-refractivity contribution is 7.86. The second-order valence-electron chi connectivity index (χ2n) is 7.28. The van der Waals surface area contributed by atoms with Crippen LogP contribution in [0, 0.1) is 24.2 Å². The van der Waals surface area contributed by atoms with E-state index in [0.29, 0.717) is 52.9 Å². The first-order valence-corrected chi connectivity index (χ1v) is 14.0. The van der Waals surface area contributed by atoms with Crippen LogP contribution in [0.4, 0.5) is 0 Å². The molecule has 33 heavy (non-hydrogen) atoms. The summed E-state index contributed by atoms with van der Waals surface area (Å²) in [7, 11) is -8.11. The van der Waals surface area contributed by atoms with Crippen LogP contribution in [0.1, 0.15) is 39.3 Å². The lowest BCUT2D eigenvalue weighted by Crippen LogP contribution is -2.15. The number of hydrogen-bond acceptors (Lipinski definition) is 7. The fourth-order valence-corrected chi connectivity index (χ4v) is 5.14. The van der Waals surface area contributed by atoms with Crippen LogP contribution in [0.15, 0.2) is 18.2 Å². The standard InChI is InChI=1S/C22H22O8S3/c1-2-19-21-22(30-12-11-29-21)20(31-19)10-9-18-15-16(5-3-13-32(23,24)25)7-8-17(18)6-4-14-33(26,27)28/h1,7-8,15H,3-6,11-14H2,(H,23,24,25)(H,26,27,28). The lowest BCUT2D eigenvalue weighted by atomic mass is 9.98. The largest absolute Gasteiger partial charge is 0.484 e. The zero-order valence-corrected chi connectivity index (χ0v) is 20.0. The molecule has 0 aliphatic carbocycles. The highest BCUT2D eigenvalue weighted by Gasteiger charge is 2.22. The highest BCUT2D eigenvalue weighted by Crippen LogP contribution is 2.43. The Morgan fingerprint density at radius 2 is 1.52 bits per heavy atom. The van der Waals surface area contributed by atoms with Crippen molar-refractivity contribution in [1.29, 1.82) is 0 Å². The second-order valence-corrected chi connectivity index (χ2v) is 11.4. The molecule has 1 aliphatic heterocycles. The third-order valence-corrected chi connectivity index (χ3v) is 7.34. The Kier molecular flexibility index (Phi) is 8.05. The Bertz CT molecular complexity index is 1340. The molecule has 0 bridgehead atoms. The van der Waals surface area contributed by atoms with Crippen molar-refractivity contribution >= 4 is 31.6 Å². The summed E-state index contributed by atoms with van der Waals surface area (Å²) in [6.45, 7) is 0.779. The Morgan fingerprint density at radius 1 is 0.909 bits per heavy atom. The third kappa shape index (κ3) is 7.49. The van der Waals surface area contributed by atoms with Crippen LogP contribution >= 0.6 is 11.3 Å². The lowest BCUT2D eigenvalue weighted by Gasteiger charge is -2.15. The maximum atomic E-state index is 11.1. The third-order valence-electron chi connectivity index (χ3n) is 4.73. The molecule has 0 saturated heterocycles. The molecule has 1 aromatic heterocycles. The van der Waals surface area contributed by atoms with Crippen LogP contribution in [0.5, 0.6) is 11.5 Å². The number of benzene rings is 1. The molecular formula is C22H22O8S3. The summed E-state index contributed by atoms with van der Waals surface area (Å²) in [4.78, 5) is 1.19. The van der Waals surface area contributed by atoms with Gasteiger partial charge in [-0.25, -0.2) is 0 Å². The molecule has 1 aromatic carbocycles. The average molecular weight is 511 g/mol. The Labute approximate surface area is 197 Å². The van der Waals surface area contributed by atoms with Gasteiger partial charge in [-0.05, 0) is 48.8 Å². The van der Waals surface area contributed by atoms with Gasteiger partial charge in [-0.15, -0.1) is 17.8 Å². The molecule has 2 aromatic rings. The molecular weight excluding hydrogens is 488 g/mol. The monoisotopic (exact) mass is 510 g/mol. The van der Waals surface area contributed by atoms with Gasteiger partial charge in [0.25, 0.3) is 20.2 Å². The van der Waals surface area contributed by atoms with E-state index >= 15 is 0 Å². The molecule has 1 aliphatic rings. The van der Waals surface area contributed by atoms with E-state index in [1.54, 1.807) is 18.2 Å². The minimum atomic E-state index is -4.07. The number of fused-ring (bicyclic) bond motifs is 1. The molecule has 0 fully saturated rings. The molecule has 0 radical (unpaired) electrons. The van der Waals surface area contributed by atoms with Gasteiger partial charge >= 0.3 is 0 Å². The van der Waals surface area contributed by atoms with E-state index in [4.69, 9.17) is 25.0 Å². The summed E-state index contributed by atoms with van der Waals surface area (Å²) in [5, 5.41) is 0. The molecule has 11 heteroatoms. The molecule has 8 nitrogen and oxygen atoms in total. The topological polar surface area (TPSA) is 127 Å². The average Bonchev–Trinajstić information content (AvgIpc) is 3.09.